The predicted octanol–water partition coefficient (Wildman–Crippen LogP) is 3.32. The van der Waals surface area contributed by atoms with Gasteiger partial charge in [0, 0.05) is 6.61 Å². The highest BCUT2D eigenvalue weighted by atomic mass is 16.3. The lowest BCUT2D eigenvalue weighted by molar-refractivity contribution is 0.0372. The first-order chi connectivity index (χ1) is 6.57. The Morgan fingerprint density at radius 1 is 1.07 bits per heavy atom. The van der Waals surface area contributed by atoms with Gasteiger partial charge in [0.1, 0.15) is 0 Å². The van der Waals surface area contributed by atoms with Gasteiger partial charge in [-0.2, -0.15) is 0 Å². The Labute approximate surface area is 88.9 Å². The van der Waals surface area contributed by atoms with Crippen LogP contribution in [-0.2, 0) is 0 Å². The minimum Gasteiger partial charge on any atom is -0.396 e. The minimum atomic E-state index is 0.395. The van der Waals surface area contributed by atoms with E-state index >= 15 is 0 Å². The Morgan fingerprint density at radius 2 is 1.71 bits per heavy atom. The molecule has 84 valence electrons. The second-order valence-corrected chi connectivity index (χ2v) is 5.60. The summed E-state index contributed by atoms with van der Waals surface area (Å²) in [4.78, 5) is 0. The number of aliphatic hydroxyl groups excluding tert-OH is 1. The van der Waals surface area contributed by atoms with E-state index in [1.807, 2.05) is 0 Å². The number of hydrogen-bond acceptors (Lipinski definition) is 1. The van der Waals surface area contributed by atoms with Crippen molar-refractivity contribution in [1.82, 2.24) is 0 Å². The molecule has 0 saturated heterocycles. The highest BCUT2D eigenvalue weighted by Gasteiger charge is 2.35. The van der Waals surface area contributed by atoms with E-state index in [9.17, 15) is 5.11 Å². The van der Waals surface area contributed by atoms with E-state index in [1.165, 1.54) is 19.3 Å². The maximum Gasteiger partial charge on any atom is 0.0462 e. The smallest absolute Gasteiger partial charge is 0.0462 e. The summed E-state index contributed by atoms with van der Waals surface area (Å²) in [7, 11) is 0. The van der Waals surface area contributed by atoms with Crippen molar-refractivity contribution in [2.24, 2.45) is 29.6 Å². The van der Waals surface area contributed by atoms with Crippen LogP contribution in [0, 0.1) is 29.6 Å². The lowest BCUT2D eigenvalue weighted by Crippen LogP contribution is -2.36. The summed E-state index contributed by atoms with van der Waals surface area (Å²) in [5.41, 5.74) is 0. The zero-order chi connectivity index (χ0) is 10.7. The summed E-state index contributed by atoms with van der Waals surface area (Å²) in [6.07, 6.45) is 3.93. The van der Waals surface area contributed by atoms with Gasteiger partial charge in [-0.15, -0.1) is 0 Å². The number of hydrogen-bond donors (Lipinski definition) is 1. The van der Waals surface area contributed by atoms with Crippen LogP contribution in [0.25, 0.3) is 0 Å². The molecule has 1 N–H and O–H groups in total. The van der Waals surface area contributed by atoms with Gasteiger partial charge in [-0.1, -0.05) is 34.1 Å². The Balaban J connectivity index is 2.72. The molecule has 1 rings (SSSR count). The van der Waals surface area contributed by atoms with Crippen molar-refractivity contribution in [2.75, 3.05) is 6.61 Å². The molecule has 0 aliphatic heterocycles. The van der Waals surface area contributed by atoms with Crippen LogP contribution < -0.4 is 0 Å². The van der Waals surface area contributed by atoms with Crippen LogP contribution in [0.4, 0.5) is 0 Å². The summed E-state index contributed by atoms with van der Waals surface area (Å²) in [5.74, 6) is 3.64. The summed E-state index contributed by atoms with van der Waals surface area (Å²) >= 11 is 0. The van der Waals surface area contributed by atoms with E-state index in [-0.39, 0.29) is 0 Å². The Morgan fingerprint density at radius 3 is 2.14 bits per heavy atom. The first-order valence-electron chi connectivity index (χ1n) is 6.18. The molecule has 0 amide bonds. The van der Waals surface area contributed by atoms with Gasteiger partial charge in [-0.3, -0.25) is 0 Å². The molecule has 14 heavy (non-hydrogen) atoms. The molecule has 1 nitrogen and oxygen atoms in total. The molecule has 1 aliphatic rings. The first-order valence-corrected chi connectivity index (χ1v) is 6.18. The van der Waals surface area contributed by atoms with Gasteiger partial charge >= 0.3 is 0 Å². The SMILES string of the molecule is CC(C)C1CCCC(CO)C1C(C)C. The molecule has 3 atom stereocenters. The Bertz CT molecular complexity index is 163. The van der Waals surface area contributed by atoms with Gasteiger partial charge < -0.3 is 5.11 Å². The fourth-order valence-corrected chi connectivity index (χ4v) is 3.38. The largest absolute Gasteiger partial charge is 0.396 e. The van der Waals surface area contributed by atoms with Crippen LogP contribution in [0.2, 0.25) is 0 Å². The average Bonchev–Trinajstić information content (AvgIpc) is 2.16. The molecular formula is C13H26O. The van der Waals surface area contributed by atoms with Crippen molar-refractivity contribution in [2.45, 2.75) is 47.0 Å². The van der Waals surface area contributed by atoms with Crippen molar-refractivity contribution in [3.8, 4) is 0 Å². The minimum absolute atomic E-state index is 0.395. The van der Waals surface area contributed by atoms with Gasteiger partial charge in [0.25, 0.3) is 0 Å². The van der Waals surface area contributed by atoms with Gasteiger partial charge in [0.2, 0.25) is 0 Å². The third-order valence-electron chi connectivity index (χ3n) is 4.01. The molecular weight excluding hydrogens is 172 g/mol. The third kappa shape index (κ3) is 2.50. The van der Waals surface area contributed by atoms with E-state index in [4.69, 9.17) is 0 Å². The second-order valence-electron chi connectivity index (χ2n) is 5.60. The monoisotopic (exact) mass is 198 g/mol. The van der Waals surface area contributed by atoms with Gasteiger partial charge in [0.15, 0.2) is 0 Å². The van der Waals surface area contributed by atoms with E-state index in [0.717, 1.165) is 23.7 Å². The van der Waals surface area contributed by atoms with Crippen LogP contribution in [0.1, 0.15) is 47.0 Å². The van der Waals surface area contributed by atoms with Crippen molar-refractivity contribution >= 4 is 0 Å². The Hall–Kier alpha value is -0.0400. The second kappa shape index (κ2) is 5.16. The molecule has 0 aromatic heterocycles. The standard InChI is InChI=1S/C13H26O/c1-9(2)12-7-5-6-11(8-14)13(12)10(3)4/h9-14H,5-8H2,1-4H3. The highest BCUT2D eigenvalue weighted by molar-refractivity contribution is 4.85. The maximum absolute atomic E-state index is 9.41. The summed E-state index contributed by atoms with van der Waals surface area (Å²) in [6.45, 7) is 9.69. The highest BCUT2D eigenvalue weighted by Crippen LogP contribution is 2.42. The maximum atomic E-state index is 9.41. The summed E-state index contributed by atoms with van der Waals surface area (Å²) < 4.78 is 0. The van der Waals surface area contributed by atoms with Gasteiger partial charge in [-0.25, -0.2) is 0 Å². The normalized spacial score (nSPS) is 34.1. The summed E-state index contributed by atoms with van der Waals surface area (Å²) in [6, 6.07) is 0. The number of rotatable bonds is 3. The molecule has 0 aromatic rings. The van der Waals surface area contributed by atoms with E-state index in [0.29, 0.717) is 12.5 Å². The van der Waals surface area contributed by atoms with E-state index in [1.54, 1.807) is 0 Å². The molecule has 1 saturated carbocycles. The predicted molar refractivity (Wildman–Crippen MR) is 61.1 cm³/mol. The van der Waals surface area contributed by atoms with E-state index in [2.05, 4.69) is 27.7 Å². The van der Waals surface area contributed by atoms with Crippen molar-refractivity contribution in [3.05, 3.63) is 0 Å². The lowest BCUT2D eigenvalue weighted by atomic mass is 9.64. The molecule has 0 bridgehead atoms. The summed E-state index contributed by atoms with van der Waals surface area (Å²) in [5, 5.41) is 9.41. The fraction of sp³-hybridized carbons (Fsp3) is 1.00. The average molecular weight is 198 g/mol. The first kappa shape index (κ1) is 12.0. The van der Waals surface area contributed by atoms with Crippen LogP contribution in [0.15, 0.2) is 0 Å². The quantitative estimate of drug-likeness (QED) is 0.737. The molecule has 0 heterocycles. The zero-order valence-electron chi connectivity index (χ0n) is 10.2. The molecule has 3 unspecified atom stereocenters. The van der Waals surface area contributed by atoms with Crippen LogP contribution in [-0.4, -0.2) is 11.7 Å². The van der Waals surface area contributed by atoms with Crippen molar-refractivity contribution in [3.63, 3.8) is 0 Å². The van der Waals surface area contributed by atoms with Crippen molar-refractivity contribution < 1.29 is 5.11 Å². The molecule has 1 fully saturated rings. The van der Waals surface area contributed by atoms with Crippen LogP contribution in [0.3, 0.4) is 0 Å². The van der Waals surface area contributed by atoms with Gasteiger partial charge in [0.05, 0.1) is 0 Å². The number of aliphatic hydroxyl groups is 1. The fourth-order valence-electron chi connectivity index (χ4n) is 3.38. The van der Waals surface area contributed by atoms with Crippen molar-refractivity contribution in [1.29, 1.82) is 0 Å². The zero-order valence-corrected chi connectivity index (χ0v) is 10.2. The van der Waals surface area contributed by atoms with Gasteiger partial charge in [-0.05, 0) is 42.4 Å². The molecule has 1 aliphatic carbocycles. The Kier molecular flexibility index (Phi) is 4.43. The van der Waals surface area contributed by atoms with Crippen LogP contribution in [0.5, 0.6) is 0 Å². The third-order valence-corrected chi connectivity index (χ3v) is 4.01. The molecule has 1 heteroatoms. The van der Waals surface area contributed by atoms with E-state index < -0.39 is 0 Å². The lowest BCUT2D eigenvalue weighted by Gasteiger charge is -2.42. The molecule has 0 spiro atoms. The molecule has 0 radical (unpaired) electrons. The van der Waals surface area contributed by atoms with Crippen LogP contribution >= 0.6 is 0 Å². The topological polar surface area (TPSA) is 20.2 Å². The molecule has 0 aromatic carbocycles.